The SMILES string of the molecule is CCc1ccc(O)c(C(=O)N=S(=O)=O)c1. The summed E-state index contributed by atoms with van der Waals surface area (Å²) in [4.78, 5) is 11.2. The molecule has 0 aliphatic carbocycles. The first kappa shape index (κ1) is 11.4. The Kier molecular flexibility index (Phi) is 3.56. The van der Waals surface area contributed by atoms with Gasteiger partial charge in [0.25, 0.3) is 5.91 Å². The van der Waals surface area contributed by atoms with Crippen LogP contribution in [0.5, 0.6) is 5.75 Å². The standard InChI is InChI=1S/C9H9NO4S/c1-2-6-3-4-8(11)7(5-6)9(12)10-15(13)14/h3-5,11H,2H2,1H3. The van der Waals surface area contributed by atoms with Gasteiger partial charge >= 0.3 is 10.5 Å². The second kappa shape index (κ2) is 4.70. The maximum atomic E-state index is 11.2. The molecule has 1 amide bonds. The summed E-state index contributed by atoms with van der Waals surface area (Å²) in [6, 6.07) is 4.42. The Labute approximate surface area is 88.1 Å². The van der Waals surface area contributed by atoms with Crippen LogP contribution in [0.2, 0.25) is 0 Å². The molecule has 0 aliphatic heterocycles. The molecule has 0 spiro atoms. The van der Waals surface area contributed by atoms with Gasteiger partial charge in [0.15, 0.2) is 0 Å². The van der Waals surface area contributed by atoms with E-state index >= 15 is 0 Å². The highest BCUT2D eigenvalue weighted by Gasteiger charge is 2.11. The van der Waals surface area contributed by atoms with Crippen LogP contribution in [0.4, 0.5) is 0 Å². The maximum Gasteiger partial charge on any atom is 0.319 e. The van der Waals surface area contributed by atoms with E-state index in [-0.39, 0.29) is 11.3 Å². The van der Waals surface area contributed by atoms with Crippen molar-refractivity contribution < 1.29 is 18.3 Å². The topological polar surface area (TPSA) is 83.8 Å². The summed E-state index contributed by atoms with van der Waals surface area (Å²) in [5.41, 5.74) is 0.724. The summed E-state index contributed by atoms with van der Waals surface area (Å²) < 4.78 is 23.2. The molecular formula is C9H9NO4S. The van der Waals surface area contributed by atoms with Gasteiger partial charge < -0.3 is 5.11 Å². The fourth-order valence-corrected chi connectivity index (χ4v) is 1.33. The van der Waals surface area contributed by atoms with Crippen molar-refractivity contribution in [2.75, 3.05) is 0 Å². The summed E-state index contributed by atoms with van der Waals surface area (Å²) in [7, 11) is -2.80. The van der Waals surface area contributed by atoms with Crippen molar-refractivity contribution in [3.8, 4) is 5.75 Å². The minimum absolute atomic E-state index is 0.0986. The molecule has 1 aromatic rings. The monoisotopic (exact) mass is 227 g/mol. The predicted octanol–water partition coefficient (Wildman–Crippen LogP) is 1.16. The van der Waals surface area contributed by atoms with Crippen LogP contribution in [-0.4, -0.2) is 19.4 Å². The number of hydrogen-bond donors (Lipinski definition) is 1. The molecule has 1 rings (SSSR count). The Morgan fingerprint density at radius 2 is 2.13 bits per heavy atom. The number of aromatic hydroxyl groups is 1. The van der Waals surface area contributed by atoms with Gasteiger partial charge in [0.2, 0.25) is 0 Å². The summed E-state index contributed by atoms with van der Waals surface area (Å²) in [5, 5.41) is 9.33. The number of hydrogen-bond acceptors (Lipinski definition) is 4. The molecule has 6 heteroatoms. The quantitative estimate of drug-likeness (QED) is 0.821. The zero-order valence-corrected chi connectivity index (χ0v) is 8.78. The lowest BCUT2D eigenvalue weighted by molar-refractivity contribution is 0.100. The van der Waals surface area contributed by atoms with E-state index in [4.69, 9.17) is 0 Å². The van der Waals surface area contributed by atoms with E-state index < -0.39 is 16.4 Å². The first-order valence-corrected chi connectivity index (χ1v) is 5.25. The number of benzene rings is 1. The zero-order chi connectivity index (χ0) is 11.4. The lowest BCUT2D eigenvalue weighted by atomic mass is 10.1. The molecule has 0 fully saturated rings. The highest BCUT2D eigenvalue weighted by Crippen LogP contribution is 2.19. The second-order valence-electron chi connectivity index (χ2n) is 2.82. The van der Waals surface area contributed by atoms with Gasteiger partial charge in [-0.25, -0.2) is 0 Å². The average Bonchev–Trinajstić information content (AvgIpc) is 2.17. The Morgan fingerprint density at radius 1 is 1.47 bits per heavy atom. The Morgan fingerprint density at radius 3 is 2.67 bits per heavy atom. The molecule has 0 unspecified atom stereocenters. The van der Waals surface area contributed by atoms with Crippen LogP contribution in [0.1, 0.15) is 22.8 Å². The lowest BCUT2D eigenvalue weighted by Gasteiger charge is -2.01. The molecule has 0 saturated heterocycles. The van der Waals surface area contributed by atoms with Crippen molar-refractivity contribution in [2.45, 2.75) is 13.3 Å². The molecule has 15 heavy (non-hydrogen) atoms. The average molecular weight is 227 g/mol. The van der Waals surface area contributed by atoms with Crippen LogP contribution in [0.3, 0.4) is 0 Å². The Bertz CT molecular complexity index is 511. The van der Waals surface area contributed by atoms with E-state index in [0.717, 1.165) is 5.56 Å². The van der Waals surface area contributed by atoms with E-state index in [1.165, 1.54) is 12.1 Å². The molecule has 0 bridgehead atoms. The number of rotatable bonds is 2. The Hall–Kier alpha value is -1.69. The molecular weight excluding hydrogens is 218 g/mol. The van der Waals surface area contributed by atoms with Crippen molar-refractivity contribution in [1.82, 2.24) is 0 Å². The molecule has 5 nitrogen and oxygen atoms in total. The molecule has 0 atom stereocenters. The molecule has 0 aromatic heterocycles. The highest BCUT2D eigenvalue weighted by atomic mass is 32.2. The van der Waals surface area contributed by atoms with Crippen LogP contribution < -0.4 is 0 Å². The molecule has 1 aromatic carbocycles. The van der Waals surface area contributed by atoms with Gasteiger partial charge in [-0.1, -0.05) is 17.4 Å². The van der Waals surface area contributed by atoms with Gasteiger partial charge in [-0.3, -0.25) is 4.79 Å². The van der Waals surface area contributed by atoms with Gasteiger partial charge in [-0.05, 0) is 24.1 Å². The molecule has 0 aliphatic rings. The minimum atomic E-state index is -2.80. The largest absolute Gasteiger partial charge is 0.507 e. The summed E-state index contributed by atoms with van der Waals surface area (Å²) >= 11 is 0. The molecule has 0 saturated carbocycles. The first-order valence-electron chi connectivity index (χ1n) is 4.22. The van der Waals surface area contributed by atoms with Crippen LogP contribution in [0.25, 0.3) is 0 Å². The van der Waals surface area contributed by atoms with Crippen LogP contribution in [0.15, 0.2) is 22.6 Å². The number of phenolic OH excluding ortho intramolecular Hbond substituents is 1. The smallest absolute Gasteiger partial charge is 0.319 e. The van der Waals surface area contributed by atoms with Gasteiger partial charge in [0.05, 0.1) is 5.56 Å². The van der Waals surface area contributed by atoms with Crippen LogP contribution >= 0.6 is 0 Å². The maximum absolute atomic E-state index is 11.2. The normalized spacial score (nSPS) is 9.67. The van der Waals surface area contributed by atoms with Gasteiger partial charge in [-0.2, -0.15) is 8.42 Å². The number of carbonyl (C=O) groups excluding carboxylic acids is 1. The van der Waals surface area contributed by atoms with Crippen LogP contribution in [-0.2, 0) is 16.9 Å². The highest BCUT2D eigenvalue weighted by molar-refractivity contribution is 7.62. The Balaban J connectivity index is 3.24. The molecule has 0 heterocycles. The van der Waals surface area contributed by atoms with Gasteiger partial charge in [0, 0.05) is 0 Å². The molecule has 0 radical (unpaired) electrons. The third-order valence-electron chi connectivity index (χ3n) is 1.86. The van der Waals surface area contributed by atoms with E-state index in [9.17, 15) is 18.3 Å². The van der Waals surface area contributed by atoms with Gasteiger partial charge in [-0.15, -0.1) is 0 Å². The predicted molar refractivity (Wildman–Crippen MR) is 53.2 cm³/mol. The minimum Gasteiger partial charge on any atom is -0.507 e. The fraction of sp³-hybridized carbons (Fsp3) is 0.222. The van der Waals surface area contributed by atoms with E-state index in [2.05, 4.69) is 4.36 Å². The van der Waals surface area contributed by atoms with Gasteiger partial charge in [0.1, 0.15) is 5.75 Å². The molecule has 1 N–H and O–H groups in total. The van der Waals surface area contributed by atoms with E-state index in [1.54, 1.807) is 6.07 Å². The summed E-state index contributed by atoms with van der Waals surface area (Å²) in [6.45, 7) is 1.88. The van der Waals surface area contributed by atoms with Crippen molar-refractivity contribution in [2.24, 2.45) is 4.36 Å². The number of phenols is 1. The summed E-state index contributed by atoms with van der Waals surface area (Å²) in [5.74, 6) is -1.23. The first-order chi connectivity index (χ1) is 7.04. The lowest BCUT2D eigenvalue weighted by Crippen LogP contribution is -1.96. The van der Waals surface area contributed by atoms with Crippen molar-refractivity contribution in [1.29, 1.82) is 0 Å². The third kappa shape index (κ3) is 2.88. The number of carbonyl (C=O) groups is 1. The van der Waals surface area contributed by atoms with E-state index in [1.807, 2.05) is 6.92 Å². The second-order valence-corrected chi connectivity index (χ2v) is 3.44. The van der Waals surface area contributed by atoms with Crippen molar-refractivity contribution in [3.63, 3.8) is 0 Å². The number of nitrogens with zero attached hydrogens (tertiary/aromatic N) is 1. The molecule has 80 valence electrons. The van der Waals surface area contributed by atoms with Crippen LogP contribution in [0, 0.1) is 0 Å². The van der Waals surface area contributed by atoms with Crippen molar-refractivity contribution >= 4 is 16.4 Å². The fourth-order valence-electron chi connectivity index (χ4n) is 1.09. The number of amides is 1. The third-order valence-corrected chi connectivity index (χ3v) is 2.17. The zero-order valence-electron chi connectivity index (χ0n) is 7.97. The number of aryl methyl sites for hydroxylation is 1. The van der Waals surface area contributed by atoms with Crippen molar-refractivity contribution in [3.05, 3.63) is 29.3 Å². The van der Waals surface area contributed by atoms with E-state index in [0.29, 0.717) is 6.42 Å². The summed E-state index contributed by atoms with van der Waals surface area (Å²) in [6.07, 6.45) is 0.682.